The van der Waals surface area contributed by atoms with Gasteiger partial charge < -0.3 is 15.8 Å². The molecule has 2 aliphatic rings. The molecule has 8 heteroatoms. The number of benzene rings is 1. The first-order valence-corrected chi connectivity index (χ1v) is 9.92. The summed E-state index contributed by atoms with van der Waals surface area (Å²) in [6.07, 6.45) is 7.66. The number of carbonyl (C=O) groups is 2. The maximum atomic E-state index is 12.0. The van der Waals surface area contributed by atoms with Crippen LogP contribution in [0.2, 0.25) is 0 Å². The molecule has 0 aromatic heterocycles. The second-order valence-corrected chi connectivity index (χ2v) is 7.72. The van der Waals surface area contributed by atoms with Crippen molar-refractivity contribution in [2.24, 2.45) is 17.6 Å². The highest BCUT2D eigenvalue weighted by atomic mass is 16.6. The van der Waals surface area contributed by atoms with Crippen LogP contribution in [0.25, 0.3) is 0 Å². The number of primary amides is 1. The molecule has 0 radical (unpaired) electrons. The number of hydrogen-bond acceptors (Lipinski definition) is 6. The zero-order chi connectivity index (χ0) is 20.1. The Balaban J connectivity index is 1.63. The lowest BCUT2D eigenvalue weighted by Crippen LogP contribution is -2.54. The summed E-state index contributed by atoms with van der Waals surface area (Å²) in [7, 11) is 0. The van der Waals surface area contributed by atoms with Gasteiger partial charge in [0.1, 0.15) is 0 Å². The van der Waals surface area contributed by atoms with Gasteiger partial charge in [-0.05, 0) is 50.2 Å². The lowest BCUT2D eigenvalue weighted by atomic mass is 9.75. The quantitative estimate of drug-likeness (QED) is 0.400. The van der Waals surface area contributed by atoms with Crippen LogP contribution >= 0.6 is 0 Å². The predicted octanol–water partition coefficient (Wildman–Crippen LogP) is 2.59. The number of hydrogen-bond donors (Lipinski definition) is 2. The van der Waals surface area contributed by atoms with Crippen molar-refractivity contribution in [3.05, 3.63) is 33.9 Å². The van der Waals surface area contributed by atoms with Crippen LogP contribution in [0.3, 0.4) is 0 Å². The van der Waals surface area contributed by atoms with E-state index in [1.54, 1.807) is 0 Å². The molecule has 3 N–H and O–H groups in total. The Kier molecular flexibility index (Phi) is 6.61. The standard InChI is InChI=1S/C20H27N3O5/c21-20(25)15(17-9-8-13-4-1-2-6-16(13)22-17)10-11-28-18-7-3-5-14(12-24)19(18)23(26)27/h3,5,7,12-13,15-17,22H,1-2,4,6,8-11H2,(H2,21,25). The van der Waals surface area contributed by atoms with E-state index in [1.165, 1.54) is 37.5 Å². The molecule has 1 aromatic carbocycles. The molecule has 0 bridgehead atoms. The summed E-state index contributed by atoms with van der Waals surface area (Å²) in [5.74, 6) is -0.0621. The number of piperidine rings is 1. The number of rotatable bonds is 8. The second-order valence-electron chi connectivity index (χ2n) is 7.72. The molecule has 1 amide bonds. The first-order chi connectivity index (χ1) is 13.5. The van der Waals surface area contributed by atoms with E-state index in [0.717, 1.165) is 19.3 Å². The molecular formula is C20H27N3O5. The van der Waals surface area contributed by atoms with Crippen molar-refractivity contribution in [2.75, 3.05) is 6.61 Å². The van der Waals surface area contributed by atoms with Gasteiger partial charge in [0.2, 0.25) is 5.91 Å². The van der Waals surface area contributed by atoms with E-state index in [1.807, 2.05) is 0 Å². The van der Waals surface area contributed by atoms with Crippen molar-refractivity contribution < 1.29 is 19.2 Å². The number of para-hydroxylation sites is 1. The largest absolute Gasteiger partial charge is 0.487 e. The number of nitrogens with zero attached hydrogens (tertiary/aromatic N) is 1. The van der Waals surface area contributed by atoms with Gasteiger partial charge in [0, 0.05) is 12.1 Å². The molecule has 1 saturated heterocycles. The number of ether oxygens (including phenoxy) is 1. The number of fused-ring (bicyclic) bond motifs is 1. The highest BCUT2D eigenvalue weighted by Crippen LogP contribution is 2.35. The van der Waals surface area contributed by atoms with E-state index >= 15 is 0 Å². The fraction of sp³-hybridized carbons (Fsp3) is 0.600. The third-order valence-corrected chi connectivity index (χ3v) is 6.06. The Bertz CT molecular complexity index is 739. The summed E-state index contributed by atoms with van der Waals surface area (Å²) in [4.78, 5) is 33.7. The number of nitrogens with one attached hydrogen (secondary N) is 1. The van der Waals surface area contributed by atoms with Crippen LogP contribution in [-0.4, -0.2) is 35.8 Å². The molecule has 4 unspecified atom stereocenters. The fourth-order valence-electron chi connectivity index (χ4n) is 4.63. The average molecular weight is 389 g/mol. The minimum atomic E-state index is -0.628. The van der Waals surface area contributed by atoms with Crippen molar-refractivity contribution in [3.63, 3.8) is 0 Å². The molecule has 1 aromatic rings. The highest BCUT2D eigenvalue weighted by molar-refractivity contribution is 5.83. The molecular weight excluding hydrogens is 362 g/mol. The predicted molar refractivity (Wildman–Crippen MR) is 103 cm³/mol. The summed E-state index contributed by atoms with van der Waals surface area (Å²) in [5, 5.41) is 14.9. The smallest absolute Gasteiger partial charge is 0.321 e. The SMILES string of the molecule is NC(=O)C(CCOc1cccc(C=O)c1[N+](=O)[O-])C1CCC2CCCCC2N1. The van der Waals surface area contributed by atoms with Gasteiger partial charge in [-0.1, -0.05) is 18.9 Å². The maximum Gasteiger partial charge on any atom is 0.321 e. The van der Waals surface area contributed by atoms with Crippen molar-refractivity contribution in [3.8, 4) is 5.75 Å². The van der Waals surface area contributed by atoms with Gasteiger partial charge in [0.05, 0.1) is 23.0 Å². The molecule has 8 nitrogen and oxygen atoms in total. The zero-order valence-corrected chi connectivity index (χ0v) is 15.8. The summed E-state index contributed by atoms with van der Waals surface area (Å²) in [6.45, 7) is 0.114. The van der Waals surface area contributed by atoms with Gasteiger partial charge in [-0.25, -0.2) is 0 Å². The van der Waals surface area contributed by atoms with Crippen LogP contribution in [0, 0.1) is 22.0 Å². The Hall–Kier alpha value is -2.48. The molecule has 28 heavy (non-hydrogen) atoms. The second kappa shape index (κ2) is 9.14. The molecule has 152 valence electrons. The van der Waals surface area contributed by atoms with Crippen molar-refractivity contribution in [1.29, 1.82) is 0 Å². The van der Waals surface area contributed by atoms with Gasteiger partial charge in [0.15, 0.2) is 12.0 Å². The van der Waals surface area contributed by atoms with Gasteiger partial charge in [0.25, 0.3) is 0 Å². The maximum absolute atomic E-state index is 12.0. The normalized spacial score (nSPS) is 25.4. The molecule has 1 saturated carbocycles. The number of aldehydes is 1. The minimum absolute atomic E-state index is 0.0109. The monoisotopic (exact) mass is 389 g/mol. The summed E-state index contributed by atoms with van der Waals surface area (Å²) in [5.41, 5.74) is 5.26. The first-order valence-electron chi connectivity index (χ1n) is 9.92. The lowest BCUT2D eigenvalue weighted by molar-refractivity contribution is -0.386. The van der Waals surface area contributed by atoms with Crippen LogP contribution in [-0.2, 0) is 4.79 Å². The van der Waals surface area contributed by atoms with E-state index in [4.69, 9.17) is 10.5 Å². The molecule has 4 atom stereocenters. The number of nitro benzene ring substituents is 1. The Labute approximate surface area is 164 Å². The van der Waals surface area contributed by atoms with E-state index in [-0.39, 0.29) is 35.6 Å². The van der Waals surface area contributed by atoms with Crippen LogP contribution in [0.15, 0.2) is 18.2 Å². The third kappa shape index (κ3) is 4.49. The molecule has 3 rings (SSSR count). The molecule has 0 spiro atoms. The lowest BCUT2D eigenvalue weighted by Gasteiger charge is -2.42. The summed E-state index contributed by atoms with van der Waals surface area (Å²) >= 11 is 0. The van der Waals surface area contributed by atoms with Crippen molar-refractivity contribution in [2.45, 2.75) is 57.0 Å². The van der Waals surface area contributed by atoms with E-state index < -0.39 is 10.8 Å². The molecule has 1 aliphatic carbocycles. The van der Waals surface area contributed by atoms with Gasteiger partial charge in [-0.15, -0.1) is 0 Å². The number of carbonyl (C=O) groups excluding carboxylic acids is 2. The van der Waals surface area contributed by atoms with Gasteiger partial charge >= 0.3 is 5.69 Å². The van der Waals surface area contributed by atoms with Crippen LogP contribution < -0.4 is 15.8 Å². The van der Waals surface area contributed by atoms with Gasteiger partial charge in [-0.2, -0.15) is 0 Å². The van der Waals surface area contributed by atoms with Gasteiger partial charge in [-0.3, -0.25) is 19.7 Å². The highest BCUT2D eigenvalue weighted by Gasteiger charge is 2.36. The van der Waals surface area contributed by atoms with E-state index in [0.29, 0.717) is 24.7 Å². The molecule has 1 aliphatic heterocycles. The molecule has 1 heterocycles. The number of nitro groups is 1. The van der Waals surface area contributed by atoms with Crippen LogP contribution in [0.4, 0.5) is 5.69 Å². The molecule has 2 fully saturated rings. The third-order valence-electron chi connectivity index (χ3n) is 6.06. The Morgan fingerprint density at radius 2 is 2.11 bits per heavy atom. The fourth-order valence-corrected chi connectivity index (χ4v) is 4.63. The summed E-state index contributed by atoms with van der Waals surface area (Å²) in [6, 6.07) is 4.81. The van der Waals surface area contributed by atoms with Crippen molar-refractivity contribution >= 4 is 17.9 Å². The van der Waals surface area contributed by atoms with E-state index in [9.17, 15) is 19.7 Å². The number of nitrogens with two attached hydrogens (primary N) is 1. The minimum Gasteiger partial charge on any atom is -0.487 e. The topological polar surface area (TPSA) is 125 Å². The van der Waals surface area contributed by atoms with E-state index in [2.05, 4.69) is 5.32 Å². The first kappa shape index (κ1) is 20.3. The zero-order valence-electron chi connectivity index (χ0n) is 15.8. The van der Waals surface area contributed by atoms with Crippen LogP contribution in [0.5, 0.6) is 5.75 Å². The number of amides is 1. The Morgan fingerprint density at radius 1 is 1.32 bits per heavy atom. The Morgan fingerprint density at radius 3 is 2.82 bits per heavy atom. The van der Waals surface area contributed by atoms with Crippen LogP contribution in [0.1, 0.15) is 55.3 Å². The average Bonchev–Trinajstić information content (AvgIpc) is 2.70. The summed E-state index contributed by atoms with van der Waals surface area (Å²) < 4.78 is 5.58. The van der Waals surface area contributed by atoms with Crippen molar-refractivity contribution in [1.82, 2.24) is 5.32 Å².